The first kappa shape index (κ1) is 18.8. The van der Waals surface area contributed by atoms with Crippen LogP contribution in [0.25, 0.3) is 21.7 Å². The first-order valence-corrected chi connectivity index (χ1v) is 10.8. The fourth-order valence-corrected chi connectivity index (χ4v) is 5.18. The Bertz CT molecular complexity index is 1430. The van der Waals surface area contributed by atoms with Gasteiger partial charge in [-0.1, -0.05) is 60.7 Å². The van der Waals surface area contributed by atoms with E-state index in [9.17, 15) is 9.59 Å². The Morgan fingerprint density at radius 3 is 2.59 bits per heavy atom. The predicted molar refractivity (Wildman–Crippen MR) is 124 cm³/mol. The van der Waals surface area contributed by atoms with E-state index in [1.165, 1.54) is 5.01 Å². The summed E-state index contributed by atoms with van der Waals surface area (Å²) >= 11 is 0. The van der Waals surface area contributed by atoms with E-state index in [-0.39, 0.29) is 18.4 Å². The summed E-state index contributed by atoms with van der Waals surface area (Å²) in [6, 6.07) is 22.1. The minimum Gasteiger partial charge on any atom is -0.356 e. The maximum Gasteiger partial charge on any atom is 0.275 e. The number of H-pyrrole nitrogens is 1. The number of hydrogen-bond acceptors (Lipinski definition) is 3. The summed E-state index contributed by atoms with van der Waals surface area (Å²) in [6.45, 7) is 2.31. The van der Waals surface area contributed by atoms with Gasteiger partial charge in [-0.05, 0) is 35.7 Å². The van der Waals surface area contributed by atoms with E-state index < -0.39 is 5.54 Å². The van der Waals surface area contributed by atoms with Gasteiger partial charge in [0, 0.05) is 23.0 Å². The lowest BCUT2D eigenvalue weighted by Gasteiger charge is -2.48. The van der Waals surface area contributed by atoms with Crippen LogP contribution >= 0.6 is 0 Å². The molecule has 158 valence electrons. The van der Waals surface area contributed by atoms with E-state index >= 15 is 0 Å². The van der Waals surface area contributed by atoms with Crippen LogP contribution in [-0.2, 0) is 21.5 Å². The fourth-order valence-electron chi connectivity index (χ4n) is 5.18. The van der Waals surface area contributed by atoms with Crippen molar-refractivity contribution >= 4 is 39.7 Å². The minimum absolute atomic E-state index is 0.0503. The van der Waals surface area contributed by atoms with Crippen molar-refractivity contribution in [3.05, 3.63) is 83.6 Å². The highest BCUT2D eigenvalue weighted by Gasteiger charge is 2.54. The Morgan fingerprint density at radius 1 is 0.969 bits per heavy atom. The first-order chi connectivity index (χ1) is 15.6. The maximum atomic E-state index is 13.7. The third-order valence-electron chi connectivity index (χ3n) is 6.82. The number of rotatable bonds is 2. The number of hydrogen-bond donors (Lipinski definition) is 1. The second-order valence-electron chi connectivity index (χ2n) is 8.57. The molecule has 1 unspecified atom stereocenters. The number of fused-ring (bicyclic) bond motifs is 6. The molecule has 32 heavy (non-hydrogen) atoms. The highest BCUT2D eigenvalue weighted by Crippen LogP contribution is 2.41. The second-order valence-corrected chi connectivity index (χ2v) is 8.57. The van der Waals surface area contributed by atoms with Crippen LogP contribution in [0.15, 0.2) is 71.8 Å². The van der Waals surface area contributed by atoms with Gasteiger partial charge in [-0.25, -0.2) is 5.01 Å². The summed E-state index contributed by atoms with van der Waals surface area (Å²) in [5.41, 5.74) is 2.70. The molecule has 1 aromatic heterocycles. The molecule has 1 N–H and O–H groups in total. The van der Waals surface area contributed by atoms with Crippen LogP contribution in [0.3, 0.4) is 0 Å². The van der Waals surface area contributed by atoms with Crippen molar-refractivity contribution in [1.29, 1.82) is 0 Å². The summed E-state index contributed by atoms with van der Waals surface area (Å²) in [4.78, 5) is 32.0. The number of hydrazone groups is 1. The smallest absolute Gasteiger partial charge is 0.275 e. The van der Waals surface area contributed by atoms with Gasteiger partial charge in [0.05, 0.1) is 11.9 Å². The Kier molecular flexibility index (Phi) is 3.99. The number of nitrogens with one attached hydrogen (secondary N) is 1. The third kappa shape index (κ3) is 2.56. The first-order valence-electron chi connectivity index (χ1n) is 10.8. The Hall–Kier alpha value is -3.93. The second kappa shape index (κ2) is 6.79. The highest BCUT2D eigenvalue weighted by atomic mass is 16.2. The molecule has 0 saturated carbocycles. The number of benzene rings is 3. The van der Waals surface area contributed by atoms with Gasteiger partial charge in [0.2, 0.25) is 5.91 Å². The van der Waals surface area contributed by atoms with Gasteiger partial charge in [-0.15, -0.1) is 0 Å². The van der Waals surface area contributed by atoms with Crippen molar-refractivity contribution in [3.8, 4) is 0 Å². The summed E-state index contributed by atoms with van der Waals surface area (Å²) in [6.07, 6.45) is 2.41. The zero-order valence-corrected chi connectivity index (χ0v) is 17.7. The topological polar surface area (TPSA) is 68.8 Å². The molecule has 2 aliphatic rings. The average Bonchev–Trinajstić information content (AvgIpc) is 3.21. The van der Waals surface area contributed by atoms with Crippen LogP contribution in [0.1, 0.15) is 23.7 Å². The summed E-state index contributed by atoms with van der Waals surface area (Å²) in [7, 11) is 0. The molecule has 2 aliphatic heterocycles. The van der Waals surface area contributed by atoms with Crippen LogP contribution in [0, 0.1) is 0 Å². The van der Waals surface area contributed by atoms with Gasteiger partial charge in [0.25, 0.3) is 5.91 Å². The van der Waals surface area contributed by atoms with Crippen LogP contribution in [0.4, 0.5) is 0 Å². The zero-order chi connectivity index (χ0) is 21.9. The van der Waals surface area contributed by atoms with Crippen molar-refractivity contribution < 1.29 is 9.59 Å². The van der Waals surface area contributed by atoms with E-state index in [0.717, 1.165) is 44.9 Å². The number of nitrogens with zero attached hydrogens (tertiary/aromatic N) is 3. The molecule has 6 rings (SSSR count). The fraction of sp³-hybridized carbons (Fsp3) is 0.192. The molecule has 1 fully saturated rings. The number of piperazine rings is 1. The molecule has 0 bridgehead atoms. The van der Waals surface area contributed by atoms with Gasteiger partial charge >= 0.3 is 0 Å². The molecule has 3 heterocycles. The molecular weight excluding hydrogens is 400 g/mol. The molecule has 6 nitrogen and oxygen atoms in total. The number of amides is 2. The van der Waals surface area contributed by atoms with Gasteiger partial charge in [-0.3, -0.25) is 9.59 Å². The van der Waals surface area contributed by atoms with Crippen molar-refractivity contribution in [1.82, 2.24) is 14.9 Å². The third-order valence-corrected chi connectivity index (χ3v) is 6.82. The minimum atomic E-state index is -1.10. The predicted octanol–water partition coefficient (Wildman–Crippen LogP) is 3.80. The Morgan fingerprint density at radius 2 is 1.72 bits per heavy atom. The Labute approximate surface area is 185 Å². The van der Waals surface area contributed by atoms with Crippen LogP contribution in [0.5, 0.6) is 0 Å². The van der Waals surface area contributed by atoms with Gasteiger partial charge in [-0.2, -0.15) is 5.10 Å². The SMILES string of the molecule is CC12C(=O)N(N=Cc3cccc4ccccc34)CC(=O)N1CCc1c2[nH]c2ccccc12. The molecule has 0 radical (unpaired) electrons. The standard InChI is InChI=1S/C26H22N4O2/c1-26-24-21(20-11-4-5-12-22(20)28-24)13-14-29(26)23(31)16-30(25(26)32)27-15-18-9-6-8-17-7-2-3-10-19(17)18/h2-12,15,28H,13-14,16H2,1H3. The lowest BCUT2D eigenvalue weighted by Crippen LogP contribution is -2.65. The van der Waals surface area contributed by atoms with Crippen LogP contribution in [-0.4, -0.2) is 46.0 Å². The van der Waals surface area contributed by atoms with Crippen LogP contribution < -0.4 is 0 Å². The number of carbonyl (C=O) groups excluding carboxylic acids is 2. The van der Waals surface area contributed by atoms with E-state index in [0.29, 0.717) is 6.54 Å². The molecular formula is C26H22N4O2. The van der Waals surface area contributed by atoms with Crippen molar-refractivity contribution in [2.24, 2.45) is 5.10 Å². The lowest BCUT2D eigenvalue weighted by atomic mass is 9.83. The summed E-state index contributed by atoms with van der Waals surface area (Å²) < 4.78 is 0. The molecule has 0 aliphatic carbocycles. The van der Waals surface area contributed by atoms with E-state index in [1.807, 2.05) is 67.6 Å². The van der Waals surface area contributed by atoms with E-state index in [4.69, 9.17) is 0 Å². The van der Waals surface area contributed by atoms with Gasteiger partial charge in [0.1, 0.15) is 6.54 Å². The van der Waals surface area contributed by atoms with Crippen molar-refractivity contribution in [3.63, 3.8) is 0 Å². The summed E-state index contributed by atoms with van der Waals surface area (Å²) in [5.74, 6) is -0.285. The Balaban J connectivity index is 1.42. The molecule has 1 atom stereocenters. The highest BCUT2D eigenvalue weighted by molar-refractivity contribution is 6.03. The number of aromatic amines is 1. The van der Waals surface area contributed by atoms with E-state index in [2.05, 4.69) is 16.2 Å². The molecule has 2 amide bonds. The molecule has 6 heteroatoms. The lowest BCUT2D eigenvalue weighted by molar-refractivity contribution is -0.165. The largest absolute Gasteiger partial charge is 0.356 e. The molecule has 4 aromatic rings. The average molecular weight is 422 g/mol. The van der Waals surface area contributed by atoms with Crippen molar-refractivity contribution in [2.45, 2.75) is 18.9 Å². The van der Waals surface area contributed by atoms with Gasteiger partial charge < -0.3 is 9.88 Å². The number of para-hydroxylation sites is 1. The zero-order valence-electron chi connectivity index (χ0n) is 17.7. The maximum absolute atomic E-state index is 13.7. The number of carbonyl (C=O) groups is 2. The monoisotopic (exact) mass is 422 g/mol. The molecule has 0 spiro atoms. The summed E-state index contributed by atoms with van der Waals surface area (Å²) in [5, 5.41) is 9.08. The van der Waals surface area contributed by atoms with E-state index in [1.54, 1.807) is 11.1 Å². The molecule has 1 saturated heterocycles. The molecule has 3 aromatic carbocycles. The van der Waals surface area contributed by atoms with Gasteiger partial charge in [0.15, 0.2) is 5.54 Å². The van der Waals surface area contributed by atoms with Crippen molar-refractivity contribution in [2.75, 3.05) is 13.1 Å². The van der Waals surface area contributed by atoms with Crippen LogP contribution in [0.2, 0.25) is 0 Å². The quantitative estimate of drug-likeness (QED) is 0.499. The number of aromatic nitrogens is 1. The normalized spacial score (nSPS) is 20.9.